The van der Waals surface area contributed by atoms with Crippen LogP contribution in [-0.4, -0.2) is 22.2 Å². The highest BCUT2D eigenvalue weighted by Crippen LogP contribution is 2.36. The van der Waals surface area contributed by atoms with Crippen molar-refractivity contribution >= 4 is 52.2 Å². The molecular weight excluding hydrogens is 477 g/mol. The first kappa shape index (κ1) is 23.7. The first-order valence-electron chi connectivity index (χ1n) is 10.9. The summed E-state index contributed by atoms with van der Waals surface area (Å²) in [5, 5.41) is 3.28. The SMILES string of the molecule is Cc1ccc([C@H](C(=O)NC2CCCC2)N(C(=O)c2nsc(Cl)c2Cl)c2ccccc2C)cc1. The summed E-state index contributed by atoms with van der Waals surface area (Å²) in [5.41, 5.74) is 3.30. The summed E-state index contributed by atoms with van der Waals surface area (Å²) in [6.07, 6.45) is 4.07. The number of aromatic nitrogens is 1. The Balaban J connectivity index is 1.85. The van der Waals surface area contributed by atoms with Gasteiger partial charge in [0.05, 0.1) is 0 Å². The average molecular weight is 502 g/mol. The van der Waals surface area contributed by atoms with Gasteiger partial charge in [0.25, 0.3) is 5.91 Å². The standard InChI is InChI=1S/C25H25Cl2N3O2S/c1-15-11-13-17(14-12-15)22(24(31)28-18-8-4-5-9-18)30(19-10-6-3-7-16(19)2)25(32)21-20(26)23(27)33-29-21/h3,6-7,10-14,18,22H,4-5,8-9H2,1-2H3,(H,28,31)/t22-/m1/s1. The summed E-state index contributed by atoms with van der Waals surface area (Å²) in [6, 6.07) is 14.4. The minimum absolute atomic E-state index is 0.0423. The summed E-state index contributed by atoms with van der Waals surface area (Å²) in [7, 11) is 0. The monoisotopic (exact) mass is 501 g/mol. The molecule has 2 aromatic carbocycles. The van der Waals surface area contributed by atoms with E-state index in [1.807, 2.05) is 62.4 Å². The Morgan fingerprint density at radius 2 is 1.73 bits per heavy atom. The minimum Gasteiger partial charge on any atom is -0.351 e. The summed E-state index contributed by atoms with van der Waals surface area (Å²) in [4.78, 5) is 29.2. The molecule has 1 fully saturated rings. The lowest BCUT2D eigenvalue weighted by Crippen LogP contribution is -2.46. The van der Waals surface area contributed by atoms with Gasteiger partial charge in [0, 0.05) is 11.7 Å². The van der Waals surface area contributed by atoms with Gasteiger partial charge in [-0.15, -0.1) is 0 Å². The molecule has 0 bridgehead atoms. The molecule has 1 saturated carbocycles. The van der Waals surface area contributed by atoms with E-state index in [0.717, 1.165) is 48.3 Å². The molecule has 1 N–H and O–H groups in total. The van der Waals surface area contributed by atoms with Gasteiger partial charge in [-0.25, -0.2) is 0 Å². The number of aryl methyl sites for hydroxylation is 2. The Kier molecular flexibility index (Phi) is 7.37. The van der Waals surface area contributed by atoms with E-state index in [1.54, 1.807) is 0 Å². The number of carbonyl (C=O) groups is 2. The van der Waals surface area contributed by atoms with Crippen LogP contribution >= 0.6 is 34.7 Å². The predicted molar refractivity (Wildman–Crippen MR) is 134 cm³/mol. The van der Waals surface area contributed by atoms with Crippen molar-refractivity contribution in [2.24, 2.45) is 0 Å². The maximum atomic E-state index is 13.9. The predicted octanol–water partition coefficient (Wildman–Crippen LogP) is 6.51. The molecule has 3 aromatic rings. The third-order valence-electron chi connectivity index (χ3n) is 6.00. The first-order chi connectivity index (χ1) is 15.9. The Morgan fingerprint density at radius 3 is 2.33 bits per heavy atom. The average Bonchev–Trinajstić information content (AvgIpc) is 3.43. The molecule has 0 unspecified atom stereocenters. The van der Waals surface area contributed by atoms with Gasteiger partial charge in [-0.2, -0.15) is 4.37 Å². The van der Waals surface area contributed by atoms with E-state index in [1.165, 1.54) is 4.90 Å². The van der Waals surface area contributed by atoms with E-state index in [4.69, 9.17) is 23.2 Å². The lowest BCUT2D eigenvalue weighted by atomic mass is 9.99. The van der Waals surface area contributed by atoms with Crippen LogP contribution in [0.15, 0.2) is 48.5 Å². The van der Waals surface area contributed by atoms with Crippen molar-refractivity contribution in [3.8, 4) is 0 Å². The number of rotatable bonds is 6. The van der Waals surface area contributed by atoms with E-state index in [-0.39, 0.29) is 27.0 Å². The number of carbonyl (C=O) groups excluding carboxylic acids is 2. The molecule has 0 spiro atoms. The van der Waals surface area contributed by atoms with Crippen LogP contribution in [0.1, 0.15) is 58.9 Å². The van der Waals surface area contributed by atoms with Gasteiger partial charge in [0.1, 0.15) is 15.4 Å². The third-order valence-corrected chi connectivity index (χ3v) is 7.61. The van der Waals surface area contributed by atoms with E-state index in [0.29, 0.717) is 11.3 Å². The molecule has 33 heavy (non-hydrogen) atoms. The van der Waals surface area contributed by atoms with Crippen LogP contribution in [0.2, 0.25) is 9.36 Å². The third kappa shape index (κ3) is 5.08. The maximum Gasteiger partial charge on any atom is 0.280 e. The number of benzene rings is 2. The Hall–Kier alpha value is -2.41. The Labute approximate surface area is 207 Å². The molecule has 1 atom stereocenters. The van der Waals surface area contributed by atoms with Crippen LogP contribution in [0.25, 0.3) is 0 Å². The molecule has 0 radical (unpaired) electrons. The zero-order valence-electron chi connectivity index (χ0n) is 18.5. The Bertz CT molecular complexity index is 1160. The van der Waals surface area contributed by atoms with Gasteiger partial charge >= 0.3 is 0 Å². The Morgan fingerprint density at radius 1 is 1.06 bits per heavy atom. The van der Waals surface area contributed by atoms with E-state index < -0.39 is 11.9 Å². The van der Waals surface area contributed by atoms with Gasteiger partial charge < -0.3 is 5.32 Å². The van der Waals surface area contributed by atoms with Crippen LogP contribution in [0, 0.1) is 13.8 Å². The molecule has 8 heteroatoms. The molecule has 2 amide bonds. The fourth-order valence-corrected chi connectivity index (χ4v) is 5.21. The number of halogens is 2. The molecule has 4 rings (SSSR count). The number of para-hydroxylation sites is 1. The van der Waals surface area contributed by atoms with Crippen LogP contribution in [-0.2, 0) is 4.79 Å². The lowest BCUT2D eigenvalue weighted by molar-refractivity contribution is -0.123. The smallest absolute Gasteiger partial charge is 0.280 e. The van der Waals surface area contributed by atoms with Crippen molar-refractivity contribution in [2.75, 3.05) is 4.90 Å². The number of anilines is 1. The molecule has 0 aliphatic heterocycles. The maximum absolute atomic E-state index is 13.9. The van der Waals surface area contributed by atoms with Crippen molar-refractivity contribution < 1.29 is 9.59 Å². The van der Waals surface area contributed by atoms with Crippen molar-refractivity contribution in [3.05, 3.63) is 80.3 Å². The highest BCUT2D eigenvalue weighted by atomic mass is 35.5. The van der Waals surface area contributed by atoms with Gasteiger partial charge in [0.2, 0.25) is 5.91 Å². The van der Waals surface area contributed by atoms with Gasteiger partial charge in [-0.3, -0.25) is 14.5 Å². The van der Waals surface area contributed by atoms with E-state index in [2.05, 4.69) is 9.69 Å². The normalized spacial score (nSPS) is 14.8. The summed E-state index contributed by atoms with van der Waals surface area (Å²) < 4.78 is 4.44. The molecule has 1 aliphatic rings. The fraction of sp³-hybridized carbons (Fsp3) is 0.320. The molecule has 172 valence electrons. The zero-order valence-corrected chi connectivity index (χ0v) is 20.8. The summed E-state index contributed by atoms with van der Waals surface area (Å²) in [5.74, 6) is -0.690. The number of hydrogen-bond donors (Lipinski definition) is 1. The highest BCUT2D eigenvalue weighted by molar-refractivity contribution is 7.11. The number of nitrogens with zero attached hydrogens (tertiary/aromatic N) is 2. The quantitative estimate of drug-likeness (QED) is 0.418. The second-order valence-electron chi connectivity index (χ2n) is 8.38. The minimum atomic E-state index is -0.892. The fourth-order valence-electron chi connectivity index (χ4n) is 4.22. The van der Waals surface area contributed by atoms with Crippen molar-refractivity contribution in [1.29, 1.82) is 0 Å². The van der Waals surface area contributed by atoms with Crippen LogP contribution < -0.4 is 10.2 Å². The van der Waals surface area contributed by atoms with Crippen LogP contribution in [0.4, 0.5) is 5.69 Å². The molecule has 1 aromatic heterocycles. The number of amides is 2. The van der Waals surface area contributed by atoms with E-state index >= 15 is 0 Å². The number of nitrogens with one attached hydrogen (secondary N) is 1. The van der Waals surface area contributed by atoms with Crippen molar-refractivity contribution in [3.63, 3.8) is 0 Å². The van der Waals surface area contributed by atoms with Crippen molar-refractivity contribution in [2.45, 2.75) is 51.6 Å². The summed E-state index contributed by atoms with van der Waals surface area (Å²) in [6.45, 7) is 3.89. The molecule has 1 heterocycles. The highest BCUT2D eigenvalue weighted by Gasteiger charge is 2.37. The largest absolute Gasteiger partial charge is 0.351 e. The van der Waals surface area contributed by atoms with Crippen molar-refractivity contribution in [1.82, 2.24) is 9.69 Å². The topological polar surface area (TPSA) is 62.3 Å². The molecular formula is C25H25Cl2N3O2S. The van der Waals surface area contributed by atoms with Crippen LogP contribution in [0.5, 0.6) is 0 Å². The van der Waals surface area contributed by atoms with Gasteiger partial charge in [-0.1, -0.05) is 84.1 Å². The van der Waals surface area contributed by atoms with Gasteiger partial charge in [0.15, 0.2) is 5.69 Å². The second kappa shape index (κ2) is 10.2. The molecule has 1 aliphatic carbocycles. The van der Waals surface area contributed by atoms with Crippen LogP contribution in [0.3, 0.4) is 0 Å². The van der Waals surface area contributed by atoms with Gasteiger partial charge in [-0.05, 0) is 55.4 Å². The zero-order chi connectivity index (χ0) is 23.5. The molecule has 5 nitrogen and oxygen atoms in total. The van der Waals surface area contributed by atoms with E-state index in [9.17, 15) is 9.59 Å². The number of hydrogen-bond acceptors (Lipinski definition) is 4. The first-order valence-corrected chi connectivity index (χ1v) is 12.5. The summed E-state index contributed by atoms with van der Waals surface area (Å²) >= 11 is 13.4. The lowest BCUT2D eigenvalue weighted by Gasteiger charge is -2.33. The second-order valence-corrected chi connectivity index (χ2v) is 10.1. The molecule has 0 saturated heterocycles.